The van der Waals surface area contributed by atoms with Crippen LogP contribution in [0.5, 0.6) is 0 Å². The van der Waals surface area contributed by atoms with E-state index in [1.165, 1.54) is 11.8 Å². The number of halogens is 1. The lowest BCUT2D eigenvalue weighted by Gasteiger charge is -2.04. The lowest BCUT2D eigenvalue weighted by molar-refractivity contribution is -0.402. The van der Waals surface area contributed by atoms with Gasteiger partial charge in [-0.3, -0.25) is 14.9 Å². The molecule has 1 amide bonds. The molecule has 0 saturated heterocycles. The van der Waals surface area contributed by atoms with E-state index in [4.69, 9.17) is 11.6 Å². The second kappa shape index (κ2) is 8.55. The number of nitro groups is 1. The van der Waals surface area contributed by atoms with Crippen LogP contribution < -0.4 is 5.32 Å². The molecule has 0 aromatic heterocycles. The Labute approximate surface area is 120 Å². The fourth-order valence-corrected chi connectivity index (χ4v) is 2.21. The van der Waals surface area contributed by atoms with Crippen molar-refractivity contribution in [2.24, 2.45) is 0 Å². The topological polar surface area (TPSA) is 72.2 Å². The van der Waals surface area contributed by atoms with Crippen LogP contribution >= 0.6 is 23.4 Å². The molecule has 1 aromatic rings. The first-order valence-corrected chi connectivity index (χ1v) is 6.93. The maximum atomic E-state index is 11.6. The second-order valence-corrected chi connectivity index (χ2v) is 5.31. The normalized spacial score (nSPS) is 11.1. The Kier molecular flexibility index (Phi) is 6.99. The summed E-state index contributed by atoms with van der Waals surface area (Å²) in [5.74, 6) is 0.482. The molecule has 0 unspecified atom stereocenters. The van der Waals surface area contributed by atoms with Crippen molar-refractivity contribution in [2.45, 2.75) is 6.42 Å². The van der Waals surface area contributed by atoms with Gasteiger partial charge in [0, 0.05) is 17.9 Å². The minimum Gasteiger partial charge on any atom is -0.352 e. The highest BCUT2D eigenvalue weighted by atomic mass is 35.5. The number of carbonyl (C=O) groups excluding carboxylic acids is 1. The van der Waals surface area contributed by atoms with E-state index in [1.807, 2.05) is 6.07 Å². The third-order valence-electron chi connectivity index (χ3n) is 2.09. The Balaban J connectivity index is 2.18. The molecule has 0 aliphatic carbocycles. The fraction of sp³-hybridized carbons (Fsp3) is 0.250. The van der Waals surface area contributed by atoms with Gasteiger partial charge in [0.1, 0.15) is 4.36 Å². The zero-order valence-electron chi connectivity index (χ0n) is 10.0. The fourth-order valence-electron chi connectivity index (χ4n) is 1.26. The van der Waals surface area contributed by atoms with Gasteiger partial charge < -0.3 is 5.32 Å². The predicted molar refractivity (Wildman–Crippen MR) is 76.8 cm³/mol. The molecule has 0 aliphatic heterocycles. The van der Waals surface area contributed by atoms with Gasteiger partial charge in [-0.25, -0.2) is 0 Å². The molecule has 0 aliphatic rings. The summed E-state index contributed by atoms with van der Waals surface area (Å²) in [5.41, 5.74) is 0.612. The van der Waals surface area contributed by atoms with Gasteiger partial charge in [0.05, 0.1) is 4.92 Å². The smallest absolute Gasteiger partial charge is 0.259 e. The summed E-state index contributed by atoms with van der Waals surface area (Å²) in [4.78, 5) is 21.2. The highest BCUT2D eigenvalue weighted by Crippen LogP contribution is 2.20. The van der Waals surface area contributed by atoms with E-state index in [1.54, 1.807) is 24.3 Å². The minimum atomic E-state index is -0.591. The van der Waals surface area contributed by atoms with Gasteiger partial charge >= 0.3 is 0 Å². The van der Waals surface area contributed by atoms with Gasteiger partial charge in [0.25, 0.3) is 12.1 Å². The summed E-state index contributed by atoms with van der Waals surface area (Å²) < 4.78 is 0.138. The summed E-state index contributed by atoms with van der Waals surface area (Å²) in [6.07, 6.45) is 1.44. The van der Waals surface area contributed by atoms with E-state index in [2.05, 4.69) is 5.32 Å². The maximum absolute atomic E-state index is 11.6. The monoisotopic (exact) mass is 300 g/mol. The van der Waals surface area contributed by atoms with Crippen LogP contribution in [0, 0.1) is 10.1 Å². The highest BCUT2D eigenvalue weighted by molar-refractivity contribution is 8.04. The van der Waals surface area contributed by atoms with Gasteiger partial charge in [0.15, 0.2) is 0 Å². The Hall–Kier alpha value is -1.53. The number of hydrogen-bond acceptors (Lipinski definition) is 4. The van der Waals surface area contributed by atoms with E-state index in [0.717, 1.165) is 6.20 Å². The van der Waals surface area contributed by atoms with Crippen molar-refractivity contribution in [1.29, 1.82) is 0 Å². The first-order valence-electron chi connectivity index (χ1n) is 5.56. The average Bonchev–Trinajstić information content (AvgIpc) is 2.38. The lowest BCUT2D eigenvalue weighted by atomic mass is 10.2. The van der Waals surface area contributed by atoms with Crippen molar-refractivity contribution in [3.05, 3.63) is 56.6 Å². The van der Waals surface area contributed by atoms with Crippen molar-refractivity contribution in [3.8, 4) is 0 Å². The van der Waals surface area contributed by atoms with E-state index in [0.29, 0.717) is 24.3 Å². The number of rotatable bonds is 7. The molecule has 0 heterocycles. The quantitative estimate of drug-likeness (QED) is 0.477. The summed E-state index contributed by atoms with van der Waals surface area (Å²) >= 11 is 6.79. The van der Waals surface area contributed by atoms with Crippen molar-refractivity contribution >= 4 is 29.3 Å². The van der Waals surface area contributed by atoms with Gasteiger partial charge in [-0.1, -0.05) is 29.8 Å². The largest absolute Gasteiger partial charge is 0.352 e. The van der Waals surface area contributed by atoms with Crippen LogP contribution in [0.25, 0.3) is 0 Å². The number of benzene rings is 1. The van der Waals surface area contributed by atoms with Gasteiger partial charge in [-0.05, 0) is 18.6 Å². The van der Waals surface area contributed by atoms with Gasteiger partial charge in [-0.15, -0.1) is 11.8 Å². The van der Waals surface area contributed by atoms with Crippen molar-refractivity contribution in [1.82, 2.24) is 5.32 Å². The molecule has 0 bridgehead atoms. The van der Waals surface area contributed by atoms with Crippen LogP contribution in [0.3, 0.4) is 0 Å². The molecule has 19 heavy (non-hydrogen) atoms. The standard InChI is InChI=1S/C12H13ClN2O3S/c13-11(9-15(17)18)19-8-4-7-14-12(16)10-5-2-1-3-6-10/h1-3,5-6,9H,4,7-8H2,(H,14,16)/b11-9+. The van der Waals surface area contributed by atoms with Crippen LogP contribution in [0.1, 0.15) is 16.8 Å². The molecule has 0 spiro atoms. The molecular weight excluding hydrogens is 288 g/mol. The van der Waals surface area contributed by atoms with E-state index >= 15 is 0 Å². The third kappa shape index (κ3) is 6.83. The second-order valence-electron chi connectivity index (χ2n) is 3.54. The Bertz CT molecular complexity index is 465. The number of nitrogens with zero attached hydrogens (tertiary/aromatic N) is 1. The van der Waals surface area contributed by atoms with Crippen LogP contribution in [-0.2, 0) is 0 Å². The molecule has 0 saturated carbocycles. The molecule has 102 valence electrons. The molecule has 7 heteroatoms. The minimum absolute atomic E-state index is 0.127. The number of carbonyl (C=O) groups is 1. The predicted octanol–water partition coefficient (Wildman–Crippen LogP) is 2.85. The third-order valence-corrected chi connectivity index (χ3v) is 3.39. The SMILES string of the molecule is O=C(NCCCS/C(Cl)=C/[N+](=O)[O-])c1ccccc1. The molecule has 1 N–H and O–H groups in total. The molecule has 0 fully saturated rings. The first-order chi connectivity index (χ1) is 9.09. The molecule has 1 aromatic carbocycles. The maximum Gasteiger partial charge on any atom is 0.259 e. The van der Waals surface area contributed by atoms with E-state index in [9.17, 15) is 14.9 Å². The molecular formula is C12H13ClN2O3S. The Morgan fingerprint density at radius 3 is 2.74 bits per heavy atom. The van der Waals surface area contributed by atoms with Crippen LogP contribution in [0.2, 0.25) is 0 Å². The highest BCUT2D eigenvalue weighted by Gasteiger charge is 2.03. The van der Waals surface area contributed by atoms with Crippen LogP contribution in [0.15, 0.2) is 40.9 Å². The molecule has 1 rings (SSSR count). The summed E-state index contributed by atoms with van der Waals surface area (Å²) in [7, 11) is 0. The van der Waals surface area contributed by atoms with Crippen LogP contribution in [0.4, 0.5) is 0 Å². The number of hydrogen-bond donors (Lipinski definition) is 1. The molecule has 0 radical (unpaired) electrons. The van der Waals surface area contributed by atoms with Crippen molar-refractivity contribution in [3.63, 3.8) is 0 Å². The van der Waals surface area contributed by atoms with Crippen LogP contribution in [-0.4, -0.2) is 23.1 Å². The summed E-state index contributed by atoms with van der Waals surface area (Å²) in [6, 6.07) is 8.92. The lowest BCUT2D eigenvalue weighted by Crippen LogP contribution is -2.24. The summed E-state index contributed by atoms with van der Waals surface area (Å²) in [5, 5.41) is 12.9. The number of amides is 1. The Morgan fingerprint density at radius 2 is 2.11 bits per heavy atom. The van der Waals surface area contributed by atoms with E-state index in [-0.39, 0.29) is 10.3 Å². The van der Waals surface area contributed by atoms with Gasteiger partial charge in [0.2, 0.25) is 0 Å². The number of thioether (sulfide) groups is 1. The zero-order valence-corrected chi connectivity index (χ0v) is 11.6. The molecule has 5 nitrogen and oxygen atoms in total. The average molecular weight is 301 g/mol. The number of nitrogens with one attached hydrogen (secondary N) is 1. The van der Waals surface area contributed by atoms with E-state index < -0.39 is 4.92 Å². The van der Waals surface area contributed by atoms with Crippen molar-refractivity contribution in [2.75, 3.05) is 12.3 Å². The van der Waals surface area contributed by atoms with Gasteiger partial charge in [-0.2, -0.15) is 0 Å². The summed E-state index contributed by atoms with van der Waals surface area (Å²) in [6.45, 7) is 0.503. The molecule has 0 atom stereocenters. The first kappa shape index (κ1) is 15.5. The van der Waals surface area contributed by atoms with Crippen molar-refractivity contribution < 1.29 is 9.72 Å². The zero-order chi connectivity index (χ0) is 14.1. The Morgan fingerprint density at radius 1 is 1.42 bits per heavy atom.